The highest BCUT2D eigenvalue weighted by atomic mass is 16.5. The van der Waals surface area contributed by atoms with E-state index in [1.165, 1.54) is 6.33 Å². The number of aromatic nitrogens is 4. The highest BCUT2D eigenvalue weighted by Crippen LogP contribution is 2.31. The normalized spacial score (nSPS) is 10.9. The Labute approximate surface area is 138 Å². The van der Waals surface area contributed by atoms with Gasteiger partial charge in [-0.1, -0.05) is 30.3 Å². The number of ether oxygens (including phenoxy) is 1. The van der Waals surface area contributed by atoms with Gasteiger partial charge < -0.3 is 10.5 Å². The van der Waals surface area contributed by atoms with Crippen LogP contribution in [-0.2, 0) is 0 Å². The summed E-state index contributed by atoms with van der Waals surface area (Å²) in [5, 5.41) is 5.49. The van der Waals surface area contributed by atoms with E-state index in [-0.39, 0.29) is 0 Å². The summed E-state index contributed by atoms with van der Waals surface area (Å²) < 4.78 is 6.98. The second-order valence-corrected chi connectivity index (χ2v) is 5.28. The third-order valence-corrected chi connectivity index (χ3v) is 3.86. The van der Waals surface area contributed by atoms with E-state index in [9.17, 15) is 0 Å². The van der Waals surface area contributed by atoms with E-state index < -0.39 is 0 Å². The number of hydrogen-bond acceptors (Lipinski definition) is 5. The van der Waals surface area contributed by atoms with Gasteiger partial charge >= 0.3 is 0 Å². The van der Waals surface area contributed by atoms with Crippen LogP contribution in [0, 0.1) is 0 Å². The van der Waals surface area contributed by atoms with E-state index >= 15 is 0 Å². The van der Waals surface area contributed by atoms with Gasteiger partial charge in [0.2, 0.25) is 0 Å². The molecule has 2 N–H and O–H groups in total. The zero-order valence-electron chi connectivity index (χ0n) is 13.0. The summed E-state index contributed by atoms with van der Waals surface area (Å²) in [6, 6.07) is 17.5. The molecule has 0 aliphatic carbocycles. The Morgan fingerprint density at radius 1 is 0.958 bits per heavy atom. The van der Waals surface area contributed by atoms with E-state index in [1.54, 1.807) is 11.8 Å². The monoisotopic (exact) mass is 317 g/mol. The van der Waals surface area contributed by atoms with E-state index in [2.05, 4.69) is 9.97 Å². The van der Waals surface area contributed by atoms with Crippen LogP contribution in [0.1, 0.15) is 0 Å². The molecule has 0 atom stereocenters. The molecule has 118 valence electrons. The van der Waals surface area contributed by atoms with Crippen molar-refractivity contribution in [2.75, 3.05) is 12.8 Å². The Hall–Kier alpha value is -3.41. The van der Waals surface area contributed by atoms with Crippen molar-refractivity contribution in [2.45, 2.75) is 0 Å². The molecule has 0 amide bonds. The molecule has 0 unspecified atom stereocenters. The highest BCUT2D eigenvalue weighted by molar-refractivity contribution is 5.98. The second-order valence-electron chi connectivity index (χ2n) is 5.28. The van der Waals surface area contributed by atoms with Crippen LogP contribution in [0.15, 0.2) is 60.9 Å². The maximum Gasteiger partial charge on any atom is 0.169 e. The SMILES string of the molecule is COc1ccc(-n2nc(-c3ccccc3)c3c(N)ncnc32)cc1. The van der Waals surface area contributed by atoms with Crippen LogP contribution in [0.3, 0.4) is 0 Å². The van der Waals surface area contributed by atoms with Crippen LogP contribution in [0.25, 0.3) is 28.0 Å². The van der Waals surface area contributed by atoms with Gasteiger partial charge in [0.25, 0.3) is 0 Å². The maximum atomic E-state index is 6.11. The Balaban J connectivity index is 1.98. The maximum absolute atomic E-state index is 6.11. The van der Waals surface area contributed by atoms with Crippen molar-refractivity contribution in [3.63, 3.8) is 0 Å². The highest BCUT2D eigenvalue weighted by Gasteiger charge is 2.17. The molecule has 2 heterocycles. The summed E-state index contributed by atoms with van der Waals surface area (Å²) in [6.45, 7) is 0. The number of benzene rings is 2. The molecule has 2 aromatic carbocycles. The topological polar surface area (TPSA) is 78.9 Å². The first-order valence-electron chi connectivity index (χ1n) is 7.47. The van der Waals surface area contributed by atoms with E-state index in [1.807, 2.05) is 54.6 Å². The van der Waals surface area contributed by atoms with Crippen molar-refractivity contribution in [3.8, 4) is 22.7 Å². The molecule has 2 aromatic heterocycles. The summed E-state index contributed by atoms with van der Waals surface area (Å²) in [5.74, 6) is 1.20. The molecule has 0 saturated carbocycles. The number of nitrogens with zero attached hydrogens (tertiary/aromatic N) is 4. The molecule has 4 rings (SSSR count). The Morgan fingerprint density at radius 3 is 2.42 bits per heavy atom. The fourth-order valence-electron chi connectivity index (χ4n) is 2.68. The number of rotatable bonds is 3. The van der Waals surface area contributed by atoms with Crippen LogP contribution in [-0.4, -0.2) is 26.9 Å². The van der Waals surface area contributed by atoms with Crippen LogP contribution in [0.2, 0.25) is 0 Å². The van der Waals surface area contributed by atoms with Crippen molar-refractivity contribution >= 4 is 16.9 Å². The molecule has 0 radical (unpaired) electrons. The number of hydrogen-bond donors (Lipinski definition) is 1. The van der Waals surface area contributed by atoms with Crippen LogP contribution in [0.4, 0.5) is 5.82 Å². The summed E-state index contributed by atoms with van der Waals surface area (Å²) in [7, 11) is 1.64. The molecule has 0 aliphatic rings. The molecular formula is C18H15N5O. The molecule has 0 fully saturated rings. The summed E-state index contributed by atoms with van der Waals surface area (Å²) in [5.41, 5.74) is 9.39. The molecule has 24 heavy (non-hydrogen) atoms. The van der Waals surface area contributed by atoms with Gasteiger partial charge in [0.05, 0.1) is 18.2 Å². The Morgan fingerprint density at radius 2 is 1.71 bits per heavy atom. The molecule has 0 saturated heterocycles. The third kappa shape index (κ3) is 2.25. The first-order chi connectivity index (χ1) is 11.8. The number of methoxy groups -OCH3 is 1. The van der Waals surface area contributed by atoms with Gasteiger partial charge in [-0.05, 0) is 24.3 Å². The van der Waals surface area contributed by atoms with Gasteiger partial charge in [-0.2, -0.15) is 5.10 Å². The number of anilines is 1. The Bertz CT molecular complexity index is 993. The third-order valence-electron chi connectivity index (χ3n) is 3.86. The van der Waals surface area contributed by atoms with Crippen molar-refractivity contribution in [3.05, 3.63) is 60.9 Å². The van der Waals surface area contributed by atoms with Crippen LogP contribution < -0.4 is 10.5 Å². The molecular weight excluding hydrogens is 302 g/mol. The van der Waals surface area contributed by atoms with E-state index in [0.717, 1.165) is 28.1 Å². The quantitative estimate of drug-likeness (QED) is 0.628. The van der Waals surface area contributed by atoms with Gasteiger partial charge in [0.1, 0.15) is 23.6 Å². The van der Waals surface area contributed by atoms with Crippen LogP contribution in [0.5, 0.6) is 5.75 Å². The molecule has 6 heteroatoms. The van der Waals surface area contributed by atoms with Gasteiger partial charge in [0, 0.05) is 5.56 Å². The second kappa shape index (κ2) is 5.66. The van der Waals surface area contributed by atoms with Crippen molar-refractivity contribution in [1.82, 2.24) is 19.7 Å². The minimum absolute atomic E-state index is 0.415. The first-order valence-corrected chi connectivity index (χ1v) is 7.47. The smallest absolute Gasteiger partial charge is 0.169 e. The fourth-order valence-corrected chi connectivity index (χ4v) is 2.68. The van der Waals surface area contributed by atoms with Crippen LogP contribution >= 0.6 is 0 Å². The van der Waals surface area contributed by atoms with Gasteiger partial charge in [-0.15, -0.1) is 0 Å². The molecule has 0 bridgehead atoms. The average molecular weight is 317 g/mol. The zero-order valence-corrected chi connectivity index (χ0v) is 13.0. The summed E-state index contributed by atoms with van der Waals surface area (Å²) >= 11 is 0. The lowest BCUT2D eigenvalue weighted by molar-refractivity contribution is 0.414. The molecule has 0 spiro atoms. The number of nitrogen functional groups attached to an aromatic ring is 1. The van der Waals surface area contributed by atoms with Crippen molar-refractivity contribution in [1.29, 1.82) is 0 Å². The standard InChI is InChI=1S/C18H15N5O/c1-24-14-9-7-13(8-10-14)23-18-15(17(19)20-11-21-18)16(22-23)12-5-3-2-4-6-12/h2-11H,1H3,(H2,19,20,21). The first kappa shape index (κ1) is 14.2. The van der Waals surface area contributed by atoms with E-state index in [4.69, 9.17) is 15.6 Å². The molecule has 0 aliphatic heterocycles. The van der Waals surface area contributed by atoms with E-state index in [0.29, 0.717) is 11.5 Å². The minimum atomic E-state index is 0.415. The zero-order chi connectivity index (χ0) is 16.5. The predicted octanol–water partition coefficient (Wildman–Crippen LogP) is 3.07. The molecule has 6 nitrogen and oxygen atoms in total. The summed E-state index contributed by atoms with van der Waals surface area (Å²) in [6.07, 6.45) is 1.45. The van der Waals surface area contributed by atoms with Gasteiger partial charge in [0.15, 0.2) is 5.65 Å². The fraction of sp³-hybridized carbons (Fsp3) is 0.0556. The molecule has 4 aromatic rings. The lowest BCUT2D eigenvalue weighted by Crippen LogP contribution is -1.99. The van der Waals surface area contributed by atoms with Gasteiger partial charge in [-0.3, -0.25) is 0 Å². The Kier molecular flexibility index (Phi) is 3.35. The minimum Gasteiger partial charge on any atom is -0.497 e. The van der Waals surface area contributed by atoms with Crippen molar-refractivity contribution < 1.29 is 4.74 Å². The lowest BCUT2D eigenvalue weighted by Gasteiger charge is -2.04. The lowest BCUT2D eigenvalue weighted by atomic mass is 10.1. The van der Waals surface area contributed by atoms with Crippen molar-refractivity contribution in [2.24, 2.45) is 0 Å². The summed E-state index contributed by atoms with van der Waals surface area (Å²) in [4.78, 5) is 8.51. The number of nitrogens with two attached hydrogens (primary N) is 1. The van der Waals surface area contributed by atoms with Gasteiger partial charge in [-0.25, -0.2) is 14.6 Å². The number of fused-ring (bicyclic) bond motifs is 1. The predicted molar refractivity (Wildman–Crippen MR) is 93.1 cm³/mol. The average Bonchev–Trinajstić information content (AvgIpc) is 3.04. The largest absolute Gasteiger partial charge is 0.497 e.